The van der Waals surface area contributed by atoms with Crippen LogP contribution in [0.15, 0.2) is 65.5 Å². The molecule has 204 valence electrons. The Balaban J connectivity index is 0.000000273. The number of amides is 1. The lowest BCUT2D eigenvalue weighted by atomic mass is 10.1. The van der Waals surface area contributed by atoms with Gasteiger partial charge in [0.1, 0.15) is 0 Å². The van der Waals surface area contributed by atoms with Gasteiger partial charge in [-0.25, -0.2) is 4.68 Å². The number of hydrogen-bond donors (Lipinski definition) is 1. The van der Waals surface area contributed by atoms with Crippen molar-refractivity contribution in [2.75, 3.05) is 32.8 Å². The average molecular weight is 521 g/mol. The number of aryl methyl sites for hydroxylation is 2. The molecule has 0 saturated heterocycles. The van der Waals surface area contributed by atoms with Crippen LogP contribution >= 0.6 is 0 Å². The molecule has 0 saturated carbocycles. The summed E-state index contributed by atoms with van der Waals surface area (Å²) in [6, 6.07) is 18.4. The number of hydrogen-bond acceptors (Lipinski definition) is 6. The molecule has 0 aliphatic heterocycles. The first-order chi connectivity index (χ1) is 18.2. The van der Waals surface area contributed by atoms with E-state index in [-0.39, 0.29) is 23.9 Å². The van der Waals surface area contributed by atoms with Crippen molar-refractivity contribution in [2.45, 2.75) is 47.6 Å². The molecular formula is C30H40N4O4. The molecule has 8 nitrogen and oxygen atoms in total. The molecule has 3 aromatic rings. The number of aromatic nitrogens is 2. The van der Waals surface area contributed by atoms with Gasteiger partial charge < -0.3 is 15.0 Å². The van der Waals surface area contributed by atoms with Gasteiger partial charge in [-0.2, -0.15) is 5.10 Å². The van der Waals surface area contributed by atoms with E-state index in [0.717, 1.165) is 42.0 Å². The van der Waals surface area contributed by atoms with Crippen LogP contribution < -0.4 is 10.9 Å². The van der Waals surface area contributed by atoms with Gasteiger partial charge in [0.2, 0.25) is 0 Å². The van der Waals surface area contributed by atoms with Crippen molar-refractivity contribution < 1.29 is 14.3 Å². The molecule has 1 aromatic heterocycles. The molecule has 38 heavy (non-hydrogen) atoms. The van der Waals surface area contributed by atoms with Gasteiger partial charge >= 0.3 is 5.97 Å². The maximum absolute atomic E-state index is 11.8. The Morgan fingerprint density at radius 3 is 2.29 bits per heavy atom. The molecule has 2 aromatic carbocycles. The Bertz CT molecular complexity index is 1220. The summed E-state index contributed by atoms with van der Waals surface area (Å²) in [5.74, 6) is -0.238. The second-order valence-electron chi connectivity index (χ2n) is 8.92. The van der Waals surface area contributed by atoms with Crippen molar-refractivity contribution in [1.82, 2.24) is 20.0 Å². The van der Waals surface area contributed by atoms with Crippen molar-refractivity contribution >= 4 is 11.9 Å². The first-order valence-electron chi connectivity index (χ1n) is 13.1. The molecule has 0 bridgehead atoms. The van der Waals surface area contributed by atoms with Crippen molar-refractivity contribution in [3.8, 4) is 0 Å². The third-order valence-corrected chi connectivity index (χ3v) is 5.90. The van der Waals surface area contributed by atoms with Crippen molar-refractivity contribution in [3.05, 3.63) is 99.0 Å². The van der Waals surface area contributed by atoms with Gasteiger partial charge in [-0.15, -0.1) is 0 Å². The van der Waals surface area contributed by atoms with Gasteiger partial charge in [0, 0.05) is 24.7 Å². The number of esters is 1. The third kappa shape index (κ3) is 10.7. The predicted molar refractivity (Wildman–Crippen MR) is 150 cm³/mol. The van der Waals surface area contributed by atoms with Crippen LogP contribution in [0.25, 0.3) is 0 Å². The van der Waals surface area contributed by atoms with Gasteiger partial charge in [-0.05, 0) is 63.2 Å². The molecule has 8 heteroatoms. The molecule has 0 atom stereocenters. The second-order valence-corrected chi connectivity index (χ2v) is 8.92. The Morgan fingerprint density at radius 1 is 0.947 bits per heavy atom. The molecule has 1 heterocycles. The van der Waals surface area contributed by atoms with Crippen LogP contribution in [0.4, 0.5) is 0 Å². The smallest absolute Gasteiger partial charge is 0.310 e. The lowest BCUT2D eigenvalue weighted by Crippen LogP contribution is -2.34. The Hall–Kier alpha value is -3.78. The topological polar surface area (TPSA) is 93.5 Å². The van der Waals surface area contributed by atoms with Crippen LogP contribution in [-0.2, 0) is 22.5 Å². The number of rotatable bonds is 11. The third-order valence-electron chi connectivity index (χ3n) is 5.90. The summed E-state index contributed by atoms with van der Waals surface area (Å²) in [4.78, 5) is 37.3. The fourth-order valence-electron chi connectivity index (χ4n) is 3.73. The predicted octanol–water partition coefficient (Wildman–Crippen LogP) is 3.77. The standard InChI is InChI=1S/C16H18N2O3.C14H22N2O/c1-3-21-16(20)10-13-5-4-6-14(9-13)11-18-15(19)8-7-12(2)17-18;1-4-16(5-2)11-10-15-14(17)13-8-6-12(3)7-9-13/h4-9H,3,10-11H2,1-2H3;6-9H,4-5,10-11H2,1-3H3,(H,15,17). The van der Waals surface area contributed by atoms with Gasteiger partial charge in [-0.1, -0.05) is 55.8 Å². The highest BCUT2D eigenvalue weighted by atomic mass is 16.5. The summed E-state index contributed by atoms with van der Waals surface area (Å²) in [6.07, 6.45) is 0.234. The number of nitrogens with one attached hydrogen (secondary N) is 1. The molecule has 0 aliphatic rings. The second kappa shape index (κ2) is 16.1. The van der Waals surface area contributed by atoms with E-state index in [0.29, 0.717) is 19.7 Å². The number of carbonyl (C=O) groups is 2. The number of benzene rings is 2. The summed E-state index contributed by atoms with van der Waals surface area (Å²) >= 11 is 0. The van der Waals surface area contributed by atoms with Crippen LogP contribution in [0.3, 0.4) is 0 Å². The zero-order chi connectivity index (χ0) is 27.9. The first-order valence-corrected chi connectivity index (χ1v) is 13.1. The highest BCUT2D eigenvalue weighted by Crippen LogP contribution is 2.08. The van der Waals surface area contributed by atoms with E-state index in [1.807, 2.05) is 62.4 Å². The molecular weight excluding hydrogens is 480 g/mol. The summed E-state index contributed by atoms with van der Waals surface area (Å²) in [7, 11) is 0. The summed E-state index contributed by atoms with van der Waals surface area (Å²) in [6.45, 7) is 14.3. The lowest BCUT2D eigenvalue weighted by molar-refractivity contribution is -0.142. The molecule has 0 spiro atoms. The van der Waals surface area contributed by atoms with Crippen molar-refractivity contribution in [3.63, 3.8) is 0 Å². The molecule has 0 unspecified atom stereocenters. The summed E-state index contributed by atoms with van der Waals surface area (Å²) < 4.78 is 6.35. The quantitative estimate of drug-likeness (QED) is 0.387. The average Bonchev–Trinajstić information content (AvgIpc) is 2.90. The lowest BCUT2D eigenvalue weighted by Gasteiger charge is -2.17. The minimum Gasteiger partial charge on any atom is -0.466 e. The fourth-order valence-corrected chi connectivity index (χ4v) is 3.73. The zero-order valence-electron chi connectivity index (χ0n) is 23.2. The highest BCUT2D eigenvalue weighted by Gasteiger charge is 2.07. The van der Waals surface area contributed by atoms with Gasteiger partial charge in [-0.3, -0.25) is 14.4 Å². The van der Waals surface area contributed by atoms with Crippen molar-refractivity contribution in [1.29, 1.82) is 0 Å². The minimum absolute atomic E-state index is 0.0113. The summed E-state index contributed by atoms with van der Waals surface area (Å²) in [5, 5.41) is 7.14. The first kappa shape index (κ1) is 30.4. The monoisotopic (exact) mass is 520 g/mol. The van der Waals surface area contributed by atoms with Gasteiger partial charge in [0.25, 0.3) is 11.5 Å². The van der Waals surface area contributed by atoms with Crippen LogP contribution in [0.1, 0.15) is 53.5 Å². The maximum atomic E-state index is 11.8. The molecule has 1 N–H and O–H groups in total. The Morgan fingerprint density at radius 2 is 1.63 bits per heavy atom. The number of nitrogens with zero attached hydrogens (tertiary/aromatic N) is 3. The van der Waals surface area contributed by atoms with Crippen LogP contribution in [0.5, 0.6) is 0 Å². The molecule has 0 fully saturated rings. The van der Waals surface area contributed by atoms with E-state index in [9.17, 15) is 14.4 Å². The van der Waals surface area contributed by atoms with E-state index in [1.54, 1.807) is 13.0 Å². The number of ether oxygens (including phenoxy) is 1. The highest BCUT2D eigenvalue weighted by molar-refractivity contribution is 5.94. The van der Waals surface area contributed by atoms with E-state index in [1.165, 1.54) is 16.3 Å². The zero-order valence-corrected chi connectivity index (χ0v) is 23.2. The van der Waals surface area contributed by atoms with E-state index >= 15 is 0 Å². The van der Waals surface area contributed by atoms with Crippen LogP contribution in [-0.4, -0.2) is 59.3 Å². The normalized spacial score (nSPS) is 10.5. The van der Waals surface area contributed by atoms with E-state index < -0.39 is 0 Å². The fraction of sp³-hybridized carbons (Fsp3) is 0.400. The Kier molecular flexibility index (Phi) is 12.9. The number of likely N-dealkylation sites (N-methyl/N-ethyl adjacent to an activating group) is 1. The molecule has 0 aliphatic carbocycles. The summed E-state index contributed by atoms with van der Waals surface area (Å²) in [5.41, 5.74) is 4.34. The van der Waals surface area contributed by atoms with Gasteiger partial charge in [0.05, 0.1) is 25.3 Å². The largest absolute Gasteiger partial charge is 0.466 e. The van der Waals surface area contributed by atoms with Gasteiger partial charge in [0.15, 0.2) is 0 Å². The molecule has 3 rings (SSSR count). The van der Waals surface area contributed by atoms with E-state index in [4.69, 9.17) is 4.74 Å². The van der Waals surface area contributed by atoms with Crippen LogP contribution in [0, 0.1) is 13.8 Å². The maximum Gasteiger partial charge on any atom is 0.310 e. The SMILES string of the molecule is CCN(CC)CCNC(=O)c1ccc(C)cc1.CCOC(=O)Cc1cccc(Cn2nc(C)ccc2=O)c1. The van der Waals surface area contributed by atoms with Crippen LogP contribution in [0.2, 0.25) is 0 Å². The molecule has 1 amide bonds. The molecule has 0 radical (unpaired) electrons. The minimum atomic E-state index is -0.250. The number of carbonyl (C=O) groups excluding carboxylic acids is 2. The van der Waals surface area contributed by atoms with E-state index in [2.05, 4.69) is 29.2 Å². The Labute approximate surface area is 225 Å². The van der Waals surface area contributed by atoms with Crippen molar-refractivity contribution in [2.24, 2.45) is 0 Å².